The lowest BCUT2D eigenvalue weighted by Crippen LogP contribution is -2.37. The Hall–Kier alpha value is -3.73. The number of likely N-dealkylation sites (N-methyl/N-ethyl adjacent to an activating group) is 1. The first-order valence-corrected chi connectivity index (χ1v) is 12.9. The van der Waals surface area contributed by atoms with Gasteiger partial charge in [-0.15, -0.1) is 0 Å². The summed E-state index contributed by atoms with van der Waals surface area (Å²) in [6, 6.07) is 20.6. The van der Waals surface area contributed by atoms with Crippen molar-refractivity contribution in [3.8, 4) is 0 Å². The summed E-state index contributed by atoms with van der Waals surface area (Å²) in [5, 5.41) is 9.42. The molecule has 1 atom stereocenters. The molecule has 1 aliphatic heterocycles. The molecule has 190 valence electrons. The molecule has 1 heterocycles. The third-order valence-electron chi connectivity index (χ3n) is 8.16. The summed E-state index contributed by atoms with van der Waals surface area (Å²) >= 11 is 0. The van der Waals surface area contributed by atoms with Gasteiger partial charge < -0.3 is 10.0 Å². The van der Waals surface area contributed by atoms with Crippen LogP contribution in [0.1, 0.15) is 78.7 Å². The van der Waals surface area contributed by atoms with Crippen LogP contribution in [0.4, 0.5) is 5.69 Å². The Labute approximate surface area is 218 Å². The number of rotatable bonds is 4. The van der Waals surface area contributed by atoms with Gasteiger partial charge in [0.25, 0.3) is 5.91 Å². The van der Waals surface area contributed by atoms with E-state index in [1.54, 1.807) is 29.2 Å². The SMILES string of the molecule is CN1C(=O)[C@H](Cc2ccccc2)N=C(c2ccc(C(=O)O)cc2)c2cc3c(cc21)C(C)(C)CCC3(C)C. The van der Waals surface area contributed by atoms with Crippen LogP contribution in [0.3, 0.4) is 0 Å². The summed E-state index contributed by atoms with van der Waals surface area (Å²) in [4.78, 5) is 32.2. The van der Waals surface area contributed by atoms with E-state index in [-0.39, 0.29) is 22.3 Å². The first kappa shape index (κ1) is 24.9. The Morgan fingerprint density at radius 3 is 2.14 bits per heavy atom. The van der Waals surface area contributed by atoms with Gasteiger partial charge in [-0.2, -0.15) is 0 Å². The van der Waals surface area contributed by atoms with Crippen molar-refractivity contribution >= 4 is 23.3 Å². The average molecular weight is 495 g/mol. The summed E-state index contributed by atoms with van der Waals surface area (Å²) < 4.78 is 0. The molecule has 1 N–H and O–H groups in total. The molecule has 5 nitrogen and oxygen atoms in total. The molecule has 0 unspecified atom stereocenters. The van der Waals surface area contributed by atoms with Crippen molar-refractivity contribution in [1.82, 2.24) is 0 Å². The monoisotopic (exact) mass is 494 g/mol. The standard InChI is InChI=1S/C32H34N2O3/c1-31(2)15-16-32(3,4)25-19-27-23(18-24(25)31)28(21-11-13-22(14-12-21)30(36)37)33-26(29(35)34(27)5)17-20-9-7-6-8-10-20/h6-14,18-19,26H,15-17H2,1-5H3,(H,36,37)/t26-/m0/s1. The molecule has 0 spiro atoms. The number of carbonyl (C=O) groups is 2. The second kappa shape index (κ2) is 8.98. The van der Waals surface area contributed by atoms with Crippen LogP contribution in [-0.4, -0.2) is 35.8 Å². The molecule has 3 aromatic rings. The number of aliphatic imine (C=N–C) groups is 1. The summed E-state index contributed by atoms with van der Waals surface area (Å²) in [7, 11) is 1.85. The molecule has 0 aromatic heterocycles. The number of fused-ring (bicyclic) bond motifs is 2. The topological polar surface area (TPSA) is 70.0 Å². The summed E-state index contributed by atoms with van der Waals surface area (Å²) in [5.41, 5.74) is 7.14. The fraction of sp³-hybridized carbons (Fsp3) is 0.344. The maximum atomic E-state index is 13.8. The maximum absolute atomic E-state index is 13.8. The van der Waals surface area contributed by atoms with Crippen LogP contribution in [0, 0.1) is 0 Å². The number of carboxylic acids is 1. The minimum absolute atomic E-state index is 0.0000424. The van der Waals surface area contributed by atoms with Gasteiger partial charge in [0.2, 0.25) is 0 Å². The highest BCUT2D eigenvalue weighted by molar-refractivity contribution is 6.20. The zero-order valence-electron chi connectivity index (χ0n) is 22.2. The minimum atomic E-state index is -0.968. The van der Waals surface area contributed by atoms with Crippen molar-refractivity contribution in [3.05, 3.63) is 100 Å². The van der Waals surface area contributed by atoms with Gasteiger partial charge in [0.15, 0.2) is 0 Å². The molecule has 0 saturated carbocycles. The first-order chi connectivity index (χ1) is 17.5. The Morgan fingerprint density at radius 2 is 1.54 bits per heavy atom. The van der Waals surface area contributed by atoms with Crippen molar-refractivity contribution < 1.29 is 14.7 Å². The molecule has 0 saturated heterocycles. The molecule has 0 bridgehead atoms. The Morgan fingerprint density at radius 1 is 0.946 bits per heavy atom. The number of aromatic carboxylic acids is 1. The van der Waals surface area contributed by atoms with E-state index in [1.807, 2.05) is 37.4 Å². The first-order valence-electron chi connectivity index (χ1n) is 12.9. The number of anilines is 1. The normalized spacial score (nSPS) is 19.9. The van der Waals surface area contributed by atoms with E-state index in [1.165, 1.54) is 11.1 Å². The molecular weight excluding hydrogens is 460 g/mol. The highest BCUT2D eigenvalue weighted by Gasteiger charge is 2.40. The van der Waals surface area contributed by atoms with Gasteiger partial charge in [-0.25, -0.2) is 4.79 Å². The lowest BCUT2D eigenvalue weighted by atomic mass is 9.62. The molecule has 37 heavy (non-hydrogen) atoms. The average Bonchev–Trinajstić information content (AvgIpc) is 2.97. The third kappa shape index (κ3) is 4.48. The van der Waals surface area contributed by atoms with Gasteiger partial charge in [-0.3, -0.25) is 9.79 Å². The molecule has 2 aliphatic rings. The minimum Gasteiger partial charge on any atom is -0.478 e. The van der Waals surface area contributed by atoms with Gasteiger partial charge in [0.1, 0.15) is 6.04 Å². The zero-order valence-corrected chi connectivity index (χ0v) is 22.2. The number of nitrogens with zero attached hydrogens (tertiary/aromatic N) is 2. The van der Waals surface area contributed by atoms with Crippen molar-refractivity contribution in [1.29, 1.82) is 0 Å². The zero-order chi connectivity index (χ0) is 26.5. The number of hydrogen-bond acceptors (Lipinski definition) is 3. The van der Waals surface area contributed by atoms with Gasteiger partial charge >= 0.3 is 5.97 Å². The van der Waals surface area contributed by atoms with E-state index in [2.05, 4.69) is 39.8 Å². The third-order valence-corrected chi connectivity index (χ3v) is 8.16. The van der Waals surface area contributed by atoms with E-state index >= 15 is 0 Å². The van der Waals surface area contributed by atoms with Crippen LogP contribution in [-0.2, 0) is 22.0 Å². The van der Waals surface area contributed by atoms with Crippen LogP contribution < -0.4 is 4.90 Å². The highest BCUT2D eigenvalue weighted by Crippen LogP contribution is 2.48. The predicted octanol–water partition coefficient (Wildman–Crippen LogP) is 6.16. The van der Waals surface area contributed by atoms with Crippen LogP contribution in [0.2, 0.25) is 0 Å². The molecule has 0 radical (unpaired) electrons. The predicted molar refractivity (Wildman–Crippen MR) is 148 cm³/mol. The van der Waals surface area contributed by atoms with E-state index in [4.69, 9.17) is 4.99 Å². The summed E-state index contributed by atoms with van der Waals surface area (Å²) in [6.45, 7) is 9.14. The number of carbonyl (C=O) groups excluding carboxylic acids is 1. The molecule has 0 fully saturated rings. The van der Waals surface area contributed by atoms with Crippen molar-refractivity contribution in [3.63, 3.8) is 0 Å². The number of amides is 1. The van der Waals surface area contributed by atoms with Gasteiger partial charge in [-0.1, -0.05) is 70.2 Å². The molecule has 1 amide bonds. The van der Waals surface area contributed by atoms with E-state index in [0.29, 0.717) is 6.42 Å². The van der Waals surface area contributed by atoms with E-state index in [0.717, 1.165) is 40.9 Å². The van der Waals surface area contributed by atoms with Crippen molar-refractivity contribution in [2.75, 3.05) is 11.9 Å². The van der Waals surface area contributed by atoms with Crippen LogP contribution in [0.5, 0.6) is 0 Å². The van der Waals surface area contributed by atoms with Crippen molar-refractivity contribution in [2.45, 2.75) is 63.8 Å². The largest absolute Gasteiger partial charge is 0.478 e. The Bertz CT molecular complexity index is 1400. The lowest BCUT2D eigenvalue weighted by molar-refractivity contribution is -0.119. The van der Waals surface area contributed by atoms with E-state index < -0.39 is 12.0 Å². The number of hydrogen-bond donors (Lipinski definition) is 1. The van der Waals surface area contributed by atoms with Crippen molar-refractivity contribution in [2.24, 2.45) is 4.99 Å². The molecular formula is C32H34N2O3. The molecule has 3 aromatic carbocycles. The smallest absolute Gasteiger partial charge is 0.335 e. The second-order valence-corrected chi connectivity index (χ2v) is 11.6. The second-order valence-electron chi connectivity index (χ2n) is 11.6. The Balaban J connectivity index is 1.74. The molecule has 5 heteroatoms. The van der Waals surface area contributed by atoms with Crippen LogP contribution in [0.25, 0.3) is 0 Å². The fourth-order valence-electron chi connectivity index (χ4n) is 5.66. The fourth-order valence-corrected chi connectivity index (χ4v) is 5.66. The van der Waals surface area contributed by atoms with Crippen LogP contribution in [0.15, 0.2) is 71.7 Å². The van der Waals surface area contributed by atoms with Crippen LogP contribution >= 0.6 is 0 Å². The maximum Gasteiger partial charge on any atom is 0.335 e. The molecule has 1 aliphatic carbocycles. The lowest BCUT2D eigenvalue weighted by Gasteiger charge is -2.42. The van der Waals surface area contributed by atoms with E-state index in [9.17, 15) is 14.7 Å². The number of benzene rings is 3. The highest BCUT2D eigenvalue weighted by atomic mass is 16.4. The molecule has 5 rings (SSSR count). The summed E-state index contributed by atoms with van der Waals surface area (Å²) in [6.07, 6.45) is 2.65. The van der Waals surface area contributed by atoms with Gasteiger partial charge in [-0.05, 0) is 64.6 Å². The van der Waals surface area contributed by atoms with Gasteiger partial charge in [0, 0.05) is 24.6 Å². The van der Waals surface area contributed by atoms with Gasteiger partial charge in [0.05, 0.1) is 17.0 Å². The number of carboxylic acid groups (broad SMARTS) is 1. The quantitative estimate of drug-likeness (QED) is 0.472. The summed E-state index contributed by atoms with van der Waals surface area (Å²) in [5.74, 6) is -1.01. The Kier molecular flexibility index (Phi) is 6.06.